The Kier molecular flexibility index (Phi) is 16.6. The average molecular weight is 645 g/mol. The molecule has 4 nitrogen and oxygen atoms in total. The van der Waals surface area contributed by atoms with Gasteiger partial charge in [0.1, 0.15) is 11.5 Å². The highest BCUT2D eigenvalue weighted by molar-refractivity contribution is 5.94. The van der Waals surface area contributed by atoms with Gasteiger partial charge in [-0.05, 0) is 87.1 Å². The SMILES string of the molecule is CCCCCCCCOc1cc(/C=C(/C#N)c2cc(C)ccc2C)c(OCCCCCCCC)cc1/C=C(/C#N)c1cc(C)ccc1C. The summed E-state index contributed by atoms with van der Waals surface area (Å²) in [4.78, 5) is 0. The van der Waals surface area contributed by atoms with Gasteiger partial charge < -0.3 is 9.47 Å². The fraction of sp³-hybridized carbons (Fsp3) is 0.455. The highest BCUT2D eigenvalue weighted by atomic mass is 16.5. The molecule has 0 spiro atoms. The van der Waals surface area contributed by atoms with E-state index in [4.69, 9.17) is 9.47 Å². The zero-order valence-corrected chi connectivity index (χ0v) is 30.4. The largest absolute Gasteiger partial charge is 0.493 e. The van der Waals surface area contributed by atoms with E-state index in [2.05, 4.69) is 62.4 Å². The first-order chi connectivity index (χ1) is 23.3. The van der Waals surface area contributed by atoms with Gasteiger partial charge >= 0.3 is 0 Å². The van der Waals surface area contributed by atoms with Gasteiger partial charge in [0.05, 0.1) is 36.5 Å². The number of hydrogen-bond acceptors (Lipinski definition) is 4. The number of nitrogens with zero attached hydrogens (tertiary/aromatic N) is 2. The smallest absolute Gasteiger partial charge is 0.127 e. The molecule has 4 heteroatoms. The van der Waals surface area contributed by atoms with Gasteiger partial charge in [0, 0.05) is 11.1 Å². The van der Waals surface area contributed by atoms with Crippen molar-refractivity contribution in [3.8, 4) is 23.6 Å². The minimum Gasteiger partial charge on any atom is -0.493 e. The third kappa shape index (κ3) is 12.1. The second-order valence-electron chi connectivity index (χ2n) is 13.1. The molecule has 3 rings (SSSR count). The van der Waals surface area contributed by atoms with Gasteiger partial charge in [-0.1, -0.05) is 126 Å². The van der Waals surface area contributed by atoms with Crippen LogP contribution in [0.5, 0.6) is 11.5 Å². The van der Waals surface area contributed by atoms with E-state index in [9.17, 15) is 10.5 Å². The van der Waals surface area contributed by atoms with Crippen molar-refractivity contribution >= 4 is 23.3 Å². The van der Waals surface area contributed by atoms with E-state index in [1.165, 1.54) is 51.4 Å². The van der Waals surface area contributed by atoms with E-state index in [0.717, 1.165) is 70.2 Å². The monoisotopic (exact) mass is 644 g/mol. The molecule has 0 saturated heterocycles. The third-order valence-corrected chi connectivity index (χ3v) is 8.86. The molecule has 0 N–H and O–H groups in total. The highest BCUT2D eigenvalue weighted by Crippen LogP contribution is 2.36. The summed E-state index contributed by atoms with van der Waals surface area (Å²) in [5.41, 5.74) is 8.92. The zero-order valence-electron chi connectivity index (χ0n) is 30.4. The van der Waals surface area contributed by atoms with Gasteiger partial charge in [-0.25, -0.2) is 0 Å². The van der Waals surface area contributed by atoms with Crippen molar-refractivity contribution in [3.63, 3.8) is 0 Å². The number of nitriles is 2. The highest BCUT2D eigenvalue weighted by Gasteiger charge is 2.15. The van der Waals surface area contributed by atoms with Crippen molar-refractivity contribution in [2.45, 2.75) is 119 Å². The van der Waals surface area contributed by atoms with Gasteiger partial charge in [-0.3, -0.25) is 0 Å². The maximum Gasteiger partial charge on any atom is 0.127 e. The summed E-state index contributed by atoms with van der Waals surface area (Å²) in [6.07, 6.45) is 17.9. The topological polar surface area (TPSA) is 66.0 Å². The average Bonchev–Trinajstić information content (AvgIpc) is 3.08. The Morgan fingerprint density at radius 2 is 0.917 bits per heavy atom. The number of ether oxygens (including phenoxy) is 2. The summed E-state index contributed by atoms with van der Waals surface area (Å²) in [5, 5.41) is 20.7. The lowest BCUT2D eigenvalue weighted by Crippen LogP contribution is -2.03. The molecule has 0 fully saturated rings. The fourth-order valence-corrected chi connectivity index (χ4v) is 5.90. The number of rotatable bonds is 20. The van der Waals surface area contributed by atoms with E-state index >= 15 is 0 Å². The van der Waals surface area contributed by atoms with Crippen molar-refractivity contribution in [3.05, 3.63) is 93.0 Å². The van der Waals surface area contributed by atoms with E-state index in [1.54, 1.807) is 0 Å². The van der Waals surface area contributed by atoms with Crippen molar-refractivity contribution in [2.75, 3.05) is 13.2 Å². The van der Waals surface area contributed by atoms with Crippen LogP contribution in [0, 0.1) is 50.4 Å². The van der Waals surface area contributed by atoms with Crippen LogP contribution in [-0.4, -0.2) is 13.2 Å². The van der Waals surface area contributed by atoms with Gasteiger partial charge in [-0.15, -0.1) is 0 Å². The van der Waals surface area contributed by atoms with Crippen LogP contribution < -0.4 is 9.47 Å². The van der Waals surface area contributed by atoms with Crippen LogP contribution in [0.4, 0.5) is 0 Å². The minimum atomic E-state index is 0.582. The number of unbranched alkanes of at least 4 members (excludes halogenated alkanes) is 10. The second kappa shape index (κ2) is 20.8. The van der Waals surface area contributed by atoms with Crippen LogP contribution in [0.1, 0.15) is 135 Å². The molecule has 0 amide bonds. The maximum absolute atomic E-state index is 10.3. The zero-order chi connectivity index (χ0) is 34.7. The lowest BCUT2D eigenvalue weighted by Gasteiger charge is -2.17. The summed E-state index contributed by atoms with van der Waals surface area (Å²) < 4.78 is 13.0. The van der Waals surface area contributed by atoms with Crippen LogP contribution in [0.25, 0.3) is 23.3 Å². The lowest BCUT2D eigenvalue weighted by atomic mass is 9.95. The van der Waals surface area contributed by atoms with E-state index in [0.29, 0.717) is 35.9 Å². The van der Waals surface area contributed by atoms with Gasteiger partial charge in [0.25, 0.3) is 0 Å². The van der Waals surface area contributed by atoms with Crippen molar-refractivity contribution in [1.82, 2.24) is 0 Å². The predicted octanol–water partition coefficient (Wildman–Crippen LogP) is 12.5. The molecule has 0 aromatic heterocycles. The number of benzene rings is 3. The fourth-order valence-electron chi connectivity index (χ4n) is 5.90. The Balaban J connectivity index is 2.10. The van der Waals surface area contributed by atoms with Gasteiger partial charge in [-0.2, -0.15) is 10.5 Å². The molecule has 0 radical (unpaired) electrons. The molecule has 3 aromatic carbocycles. The molecular formula is C44H56N2O2. The van der Waals surface area contributed by atoms with Crippen molar-refractivity contribution in [1.29, 1.82) is 10.5 Å². The van der Waals surface area contributed by atoms with Gasteiger partial charge in [0.15, 0.2) is 0 Å². The molecule has 48 heavy (non-hydrogen) atoms. The quantitative estimate of drug-likeness (QED) is 0.0697. The molecule has 0 aliphatic rings. The van der Waals surface area contributed by atoms with E-state index < -0.39 is 0 Å². The molecule has 0 atom stereocenters. The Hall–Kier alpha value is -4.28. The molecule has 0 aliphatic carbocycles. The summed E-state index contributed by atoms with van der Waals surface area (Å²) in [5.74, 6) is 1.39. The third-order valence-electron chi connectivity index (χ3n) is 8.86. The first kappa shape index (κ1) is 38.2. The Bertz CT molecular complexity index is 1490. The van der Waals surface area contributed by atoms with Crippen LogP contribution in [0.2, 0.25) is 0 Å². The first-order valence-corrected chi connectivity index (χ1v) is 18.1. The molecule has 0 bridgehead atoms. The summed E-state index contributed by atoms with van der Waals surface area (Å²) in [6.45, 7) is 13.8. The normalized spacial score (nSPS) is 11.7. The Morgan fingerprint density at radius 3 is 1.29 bits per heavy atom. The molecule has 3 aromatic rings. The number of hydrogen-bond donors (Lipinski definition) is 0. The van der Waals surface area contributed by atoms with Crippen LogP contribution in [0.15, 0.2) is 48.5 Å². The molecule has 0 aliphatic heterocycles. The van der Waals surface area contributed by atoms with Crippen LogP contribution >= 0.6 is 0 Å². The standard InChI is InChI=1S/C44H56N2O2/c1-7-9-11-13-15-17-23-47-43-29-38(28-40(32-46)42-26-34(4)20-22-36(42)6)44(48-24-18-16-14-12-10-8-2)30-37(43)27-39(31-45)41-25-33(3)19-21-35(41)5/h19-22,25-30H,7-18,23-24H2,1-6H3/b39-27-,40-28-. The van der Waals surface area contributed by atoms with Crippen LogP contribution in [-0.2, 0) is 0 Å². The Labute approximate surface area is 291 Å². The molecule has 0 unspecified atom stereocenters. The summed E-state index contributed by atoms with van der Waals surface area (Å²) in [6, 6.07) is 21.3. The molecule has 0 saturated carbocycles. The molecule has 0 heterocycles. The Morgan fingerprint density at radius 1 is 0.542 bits per heavy atom. The minimum absolute atomic E-state index is 0.582. The van der Waals surface area contributed by atoms with E-state index in [1.807, 2.05) is 52.0 Å². The predicted molar refractivity (Wildman–Crippen MR) is 203 cm³/mol. The van der Waals surface area contributed by atoms with Gasteiger partial charge in [0.2, 0.25) is 0 Å². The summed E-state index contributed by atoms with van der Waals surface area (Å²) >= 11 is 0. The first-order valence-electron chi connectivity index (χ1n) is 18.1. The molecule has 254 valence electrons. The summed E-state index contributed by atoms with van der Waals surface area (Å²) in [7, 11) is 0. The maximum atomic E-state index is 10.3. The number of aryl methyl sites for hydroxylation is 4. The van der Waals surface area contributed by atoms with Crippen LogP contribution in [0.3, 0.4) is 0 Å². The lowest BCUT2D eigenvalue weighted by molar-refractivity contribution is 0.295. The number of allylic oxidation sites excluding steroid dienone is 2. The molecular weight excluding hydrogens is 588 g/mol. The van der Waals surface area contributed by atoms with Crippen molar-refractivity contribution in [2.24, 2.45) is 0 Å². The van der Waals surface area contributed by atoms with Crippen molar-refractivity contribution < 1.29 is 9.47 Å². The second-order valence-corrected chi connectivity index (χ2v) is 13.1. The van der Waals surface area contributed by atoms with E-state index in [-0.39, 0.29) is 0 Å².